The predicted molar refractivity (Wildman–Crippen MR) is 303 cm³/mol. The van der Waals surface area contributed by atoms with Crippen LogP contribution < -0.4 is 22.1 Å². The number of aromatic amines is 3. The summed E-state index contributed by atoms with van der Waals surface area (Å²) in [5.41, 5.74) is 3.14. The molecular formula is C55H67BClF4N15O6. The molecule has 27 heteroatoms. The molecule has 1 saturated heterocycles. The molecule has 0 bridgehead atoms. The number of aliphatic hydroxyl groups excluding tert-OH is 1. The number of aliphatic hydroxyl groups is 1. The first kappa shape index (κ1) is 62.1. The van der Waals surface area contributed by atoms with Crippen LogP contribution in [0.5, 0.6) is 0 Å². The number of rotatable bonds is 12. The van der Waals surface area contributed by atoms with Crippen molar-refractivity contribution in [2.24, 2.45) is 0 Å². The van der Waals surface area contributed by atoms with Crippen LogP contribution in [0, 0.1) is 0 Å². The standard InChI is InChI=1S/C16H26BNO2.C16H17F2N5O.C15H15F2N5O2.C8H9ClN4O/c1-8-14(2,3)13-10-9-12(11-18-13)17-19-15(4,5)16(6,7)20-17;1-4-16(17,18)11-6-5-10(7-19-11)13-12(9(2)3)14(24)23-15(22-13)20-8-21-23;1-8(2)11-12(21-14-19-7-20-22(14)13(11)24)9-3-4-10(18-5-9)15(16,17)6-23;1-4(2)5-6(9)12-8-10-3-11-13(8)7(5)14/h9-11H,8H2,1-7H3;5-9H,4H2,1-3H3,(H,20,21,22);3-5,7-8,23H,6H2,1-2H3,(H,19,20,21);3-4H,1-2H3,(H,10,11,12). The van der Waals surface area contributed by atoms with Gasteiger partial charge in [-0.15, -0.1) is 0 Å². The van der Waals surface area contributed by atoms with Crippen molar-refractivity contribution >= 4 is 41.5 Å². The van der Waals surface area contributed by atoms with E-state index in [4.69, 9.17) is 26.0 Å². The first-order valence-electron chi connectivity index (χ1n) is 26.6. The van der Waals surface area contributed by atoms with E-state index in [9.17, 15) is 31.9 Å². The summed E-state index contributed by atoms with van der Waals surface area (Å²) in [5.74, 6) is -5.88. The maximum Gasteiger partial charge on any atom is 0.496 e. The van der Waals surface area contributed by atoms with Crippen molar-refractivity contribution in [3.63, 3.8) is 0 Å². The summed E-state index contributed by atoms with van der Waals surface area (Å²) in [7, 11) is -0.328. The molecule has 0 amide bonds. The number of pyridine rings is 3. The SMILES string of the molecule is CC(C)c1c(-c2ccc(C(F)(F)CO)nc2)nc2nc[nH]n2c1=O.CC(C)c1c(Cl)nc2nc[nH]n2c1=O.CCC(C)(C)c1ccc(B2OC(C)(C)C(C)(C)O2)cn1.CCC(F)(F)c1ccc(-c2nc3nc[nH]n3c(=O)c2C(C)C)cn1. The van der Waals surface area contributed by atoms with Gasteiger partial charge in [-0.3, -0.25) is 44.6 Å². The van der Waals surface area contributed by atoms with Crippen LogP contribution in [-0.4, -0.2) is 104 Å². The van der Waals surface area contributed by atoms with Crippen molar-refractivity contribution in [3.8, 4) is 22.5 Å². The van der Waals surface area contributed by atoms with Crippen LogP contribution in [0.15, 0.2) is 88.4 Å². The highest BCUT2D eigenvalue weighted by Crippen LogP contribution is 2.37. The third-order valence-electron chi connectivity index (χ3n) is 14.4. The van der Waals surface area contributed by atoms with E-state index in [2.05, 4.69) is 121 Å². The number of hydrogen-bond acceptors (Lipinski definition) is 15. The molecule has 10 rings (SSSR count). The lowest BCUT2D eigenvalue weighted by atomic mass is 9.79. The van der Waals surface area contributed by atoms with Gasteiger partial charge in [-0.1, -0.05) is 86.9 Å². The molecule has 82 heavy (non-hydrogen) atoms. The Morgan fingerprint density at radius 3 is 1.32 bits per heavy atom. The average Bonchev–Trinajstić information content (AvgIpc) is 3.47. The number of hydrogen-bond donors (Lipinski definition) is 4. The molecule has 21 nitrogen and oxygen atoms in total. The molecule has 0 spiro atoms. The maximum atomic E-state index is 13.7. The van der Waals surface area contributed by atoms with E-state index >= 15 is 0 Å². The van der Waals surface area contributed by atoms with Gasteiger partial charge in [0.25, 0.3) is 39.9 Å². The van der Waals surface area contributed by atoms with Gasteiger partial charge < -0.3 is 14.4 Å². The van der Waals surface area contributed by atoms with Crippen molar-refractivity contribution in [1.29, 1.82) is 0 Å². The molecule has 436 valence electrons. The fraction of sp³-hybridized carbons (Fsp3) is 0.455. The molecule has 9 aromatic rings. The fourth-order valence-electron chi connectivity index (χ4n) is 8.42. The van der Waals surface area contributed by atoms with E-state index < -0.39 is 24.1 Å². The second kappa shape index (κ2) is 24.1. The minimum atomic E-state index is -3.42. The lowest BCUT2D eigenvalue weighted by Gasteiger charge is -2.32. The van der Waals surface area contributed by atoms with Crippen molar-refractivity contribution in [2.75, 3.05) is 6.61 Å². The highest BCUT2D eigenvalue weighted by molar-refractivity contribution is 6.62. The number of nitrogens with zero attached hydrogens (tertiary/aromatic N) is 12. The third kappa shape index (κ3) is 12.7. The highest BCUT2D eigenvalue weighted by atomic mass is 35.5. The molecule has 4 N–H and O–H groups in total. The van der Waals surface area contributed by atoms with E-state index in [1.807, 2.05) is 47.7 Å². The summed E-state index contributed by atoms with van der Waals surface area (Å²) in [6, 6.07) is 9.47. The highest BCUT2D eigenvalue weighted by Gasteiger charge is 2.52. The molecule has 1 aliphatic heterocycles. The first-order valence-corrected chi connectivity index (χ1v) is 26.9. The van der Waals surface area contributed by atoms with Gasteiger partial charge in [-0.25, -0.2) is 24.9 Å². The molecule has 1 aliphatic rings. The number of H-pyrrole nitrogens is 3. The monoisotopic (exact) mass is 1160 g/mol. The summed E-state index contributed by atoms with van der Waals surface area (Å²) >= 11 is 5.88. The smallest absolute Gasteiger partial charge is 0.399 e. The van der Waals surface area contributed by atoms with E-state index in [1.165, 1.54) is 70.0 Å². The van der Waals surface area contributed by atoms with Crippen LogP contribution in [0.4, 0.5) is 17.6 Å². The molecule has 10 heterocycles. The summed E-state index contributed by atoms with van der Waals surface area (Å²) in [5, 5.41) is 17.0. The lowest BCUT2D eigenvalue weighted by Crippen LogP contribution is -2.41. The molecule has 0 aromatic carbocycles. The van der Waals surface area contributed by atoms with E-state index in [1.54, 1.807) is 0 Å². The molecule has 1 fully saturated rings. The summed E-state index contributed by atoms with van der Waals surface area (Å²) < 4.78 is 70.2. The lowest BCUT2D eigenvalue weighted by molar-refractivity contribution is -0.0592. The molecule has 0 radical (unpaired) electrons. The van der Waals surface area contributed by atoms with Gasteiger partial charge in [0.1, 0.15) is 42.1 Å². The van der Waals surface area contributed by atoms with E-state index in [0.717, 1.165) is 23.6 Å². The normalized spacial score (nSPS) is 14.3. The second-order valence-corrected chi connectivity index (χ2v) is 22.5. The molecule has 0 saturated carbocycles. The minimum absolute atomic E-state index is 0.0442. The van der Waals surface area contributed by atoms with Crippen molar-refractivity contribution in [1.82, 2.24) is 73.7 Å². The third-order valence-corrected chi connectivity index (χ3v) is 14.7. The predicted octanol–water partition coefficient (Wildman–Crippen LogP) is 9.05. The Hall–Kier alpha value is -7.55. The van der Waals surface area contributed by atoms with Crippen LogP contribution in [0.2, 0.25) is 5.15 Å². The Morgan fingerprint density at radius 2 is 0.963 bits per heavy atom. The molecule has 0 unspecified atom stereocenters. The quantitative estimate of drug-likeness (QED) is 0.0505. The summed E-state index contributed by atoms with van der Waals surface area (Å²) in [6.07, 6.45) is 9.30. The van der Waals surface area contributed by atoms with Crippen molar-refractivity contribution in [3.05, 3.63) is 144 Å². The number of aromatic nitrogens is 15. The Balaban J connectivity index is 0.000000160. The largest absolute Gasteiger partial charge is 0.496 e. The number of alkyl halides is 4. The molecule has 0 aliphatic carbocycles. The van der Waals surface area contributed by atoms with Gasteiger partial charge >= 0.3 is 13.0 Å². The number of nitrogens with one attached hydrogen (secondary N) is 3. The Morgan fingerprint density at radius 1 is 0.573 bits per heavy atom. The zero-order valence-corrected chi connectivity index (χ0v) is 48.9. The van der Waals surface area contributed by atoms with Gasteiger partial charge in [0, 0.05) is 63.8 Å². The van der Waals surface area contributed by atoms with Gasteiger partial charge in [0.15, 0.2) is 0 Å². The van der Waals surface area contributed by atoms with Gasteiger partial charge in [0.05, 0.1) is 28.2 Å². The Labute approximate surface area is 474 Å². The number of halogens is 5. The zero-order chi connectivity index (χ0) is 60.4. The Kier molecular flexibility index (Phi) is 18.3. The zero-order valence-electron chi connectivity index (χ0n) is 48.1. The second-order valence-electron chi connectivity index (χ2n) is 22.1. The minimum Gasteiger partial charge on any atom is -0.399 e. The first-order chi connectivity index (χ1) is 38.4. The van der Waals surface area contributed by atoms with Gasteiger partial charge in [-0.05, 0) is 82.2 Å². The summed E-state index contributed by atoms with van der Waals surface area (Å²) in [6.45, 7) is 26.2. The van der Waals surface area contributed by atoms with Gasteiger partial charge in [0.2, 0.25) is 0 Å². The Bertz CT molecular complexity index is 3690. The maximum absolute atomic E-state index is 13.7. The van der Waals surface area contributed by atoms with Gasteiger partial charge in [-0.2, -0.15) is 36.1 Å². The molecule has 9 aromatic heterocycles. The average molecular weight is 1160 g/mol. The summed E-state index contributed by atoms with van der Waals surface area (Å²) in [4.78, 5) is 73.7. The fourth-order valence-corrected chi connectivity index (χ4v) is 8.79. The van der Waals surface area contributed by atoms with Crippen LogP contribution >= 0.6 is 11.6 Å². The number of fused-ring (bicyclic) bond motifs is 3. The van der Waals surface area contributed by atoms with Crippen LogP contribution in [0.25, 0.3) is 39.8 Å². The van der Waals surface area contributed by atoms with Crippen molar-refractivity contribution in [2.45, 2.75) is 156 Å². The van der Waals surface area contributed by atoms with Crippen molar-refractivity contribution < 1.29 is 32.0 Å². The van der Waals surface area contributed by atoms with Crippen LogP contribution in [0.3, 0.4) is 0 Å². The van der Waals surface area contributed by atoms with Crippen LogP contribution in [0.1, 0.15) is 161 Å². The molecular weight excluding hydrogens is 1090 g/mol. The van der Waals surface area contributed by atoms with Crippen LogP contribution in [-0.2, 0) is 26.6 Å². The van der Waals surface area contributed by atoms with E-state index in [-0.39, 0.29) is 87.0 Å². The topological polar surface area (TPSA) is 267 Å². The van der Waals surface area contributed by atoms with E-state index in [0.29, 0.717) is 45.0 Å². The molecule has 0 atom stereocenters.